The third-order valence-electron chi connectivity index (χ3n) is 3.32. The molecule has 1 aromatic carbocycles. The van der Waals surface area contributed by atoms with Gasteiger partial charge < -0.3 is 19.9 Å². The molecule has 1 aliphatic rings. The Balaban J connectivity index is 2.02. The van der Waals surface area contributed by atoms with Gasteiger partial charge in [-0.2, -0.15) is 18.3 Å². The number of carbonyl (C=O) groups excluding carboxylic acids is 1. The van der Waals surface area contributed by atoms with Gasteiger partial charge in [-0.25, -0.2) is 0 Å². The first kappa shape index (κ1) is 21.7. The summed E-state index contributed by atoms with van der Waals surface area (Å²) in [5.41, 5.74) is 0.917. The number of hydrogen-bond acceptors (Lipinski definition) is 7. The molecule has 0 spiro atoms. The molecular weight excluding hydrogens is 403 g/mol. The molecule has 152 valence electrons. The van der Waals surface area contributed by atoms with E-state index in [2.05, 4.69) is 20.3 Å². The lowest BCUT2D eigenvalue weighted by Gasteiger charge is -2.11. The monoisotopic (exact) mass is 419 g/mol. The lowest BCUT2D eigenvalue weighted by atomic mass is 10.1. The first-order valence-electron chi connectivity index (χ1n) is 7.79. The number of carboxylic acids is 1. The number of carbonyl (C=O) groups is 2. The number of methoxy groups -OCH3 is 1. The van der Waals surface area contributed by atoms with Gasteiger partial charge in [0, 0.05) is 5.56 Å². The van der Waals surface area contributed by atoms with Crippen LogP contribution >= 0.6 is 11.8 Å². The van der Waals surface area contributed by atoms with Gasteiger partial charge in [-0.3, -0.25) is 9.59 Å². The number of rotatable bonds is 8. The van der Waals surface area contributed by atoms with Crippen molar-refractivity contribution >= 4 is 35.0 Å². The topological polar surface area (TPSA) is 110 Å². The van der Waals surface area contributed by atoms with Gasteiger partial charge in [-0.15, -0.1) is 5.10 Å². The van der Waals surface area contributed by atoms with Crippen LogP contribution in [0.4, 0.5) is 13.2 Å². The molecule has 0 bridgehead atoms. The van der Waals surface area contributed by atoms with Gasteiger partial charge in [0.15, 0.2) is 5.17 Å². The molecule has 12 heteroatoms. The molecule has 1 saturated heterocycles. The molecule has 1 aliphatic heterocycles. The maximum atomic E-state index is 12.2. The molecule has 2 rings (SSSR count). The predicted molar refractivity (Wildman–Crippen MR) is 95.5 cm³/mol. The van der Waals surface area contributed by atoms with Crippen molar-refractivity contribution in [3.8, 4) is 5.75 Å². The van der Waals surface area contributed by atoms with Crippen LogP contribution in [0.15, 0.2) is 28.4 Å². The summed E-state index contributed by atoms with van der Waals surface area (Å²) in [5, 5.41) is 18.2. The van der Waals surface area contributed by atoms with E-state index in [1.807, 2.05) is 0 Å². The smallest absolute Gasteiger partial charge is 0.411 e. The minimum Gasteiger partial charge on any atom is -0.496 e. The predicted octanol–water partition coefficient (Wildman–Crippen LogP) is 2.17. The van der Waals surface area contributed by atoms with Crippen molar-refractivity contribution in [2.24, 2.45) is 10.2 Å². The van der Waals surface area contributed by atoms with Crippen molar-refractivity contribution in [2.45, 2.75) is 24.5 Å². The third-order valence-corrected chi connectivity index (χ3v) is 4.39. The molecule has 1 atom stereocenters. The lowest BCUT2D eigenvalue weighted by molar-refractivity contribution is -0.176. The number of nitrogens with zero attached hydrogens (tertiary/aromatic N) is 2. The zero-order chi connectivity index (χ0) is 20.7. The number of thioether (sulfide) groups is 1. The lowest BCUT2D eigenvalue weighted by Crippen LogP contribution is -2.26. The van der Waals surface area contributed by atoms with Gasteiger partial charge in [0.05, 0.1) is 26.4 Å². The second kappa shape index (κ2) is 9.55. The second-order valence-electron chi connectivity index (χ2n) is 5.52. The van der Waals surface area contributed by atoms with Crippen molar-refractivity contribution in [2.75, 3.05) is 13.7 Å². The molecule has 1 fully saturated rings. The number of ether oxygens (including phenoxy) is 2. The van der Waals surface area contributed by atoms with E-state index in [0.717, 1.165) is 11.8 Å². The van der Waals surface area contributed by atoms with Gasteiger partial charge in [0.2, 0.25) is 5.91 Å². The largest absolute Gasteiger partial charge is 0.496 e. The highest BCUT2D eigenvalue weighted by Crippen LogP contribution is 2.23. The maximum Gasteiger partial charge on any atom is 0.411 e. The Kier molecular flexibility index (Phi) is 7.40. The Morgan fingerprint density at radius 3 is 2.82 bits per heavy atom. The van der Waals surface area contributed by atoms with Crippen molar-refractivity contribution < 1.29 is 37.3 Å². The molecule has 0 aromatic heterocycles. The molecule has 28 heavy (non-hydrogen) atoms. The van der Waals surface area contributed by atoms with Crippen LogP contribution in [0.5, 0.6) is 5.75 Å². The van der Waals surface area contributed by atoms with Crippen LogP contribution < -0.4 is 10.1 Å². The van der Waals surface area contributed by atoms with E-state index in [9.17, 15) is 22.8 Å². The third kappa shape index (κ3) is 6.85. The van der Waals surface area contributed by atoms with E-state index in [1.54, 1.807) is 12.1 Å². The quantitative estimate of drug-likeness (QED) is 0.494. The van der Waals surface area contributed by atoms with E-state index in [-0.39, 0.29) is 18.2 Å². The fourth-order valence-corrected chi connectivity index (χ4v) is 3.08. The summed E-state index contributed by atoms with van der Waals surface area (Å²) in [6.07, 6.45) is -3.43. The molecule has 8 nitrogen and oxygen atoms in total. The van der Waals surface area contributed by atoms with Crippen LogP contribution in [0.1, 0.15) is 17.5 Å². The highest BCUT2D eigenvalue weighted by atomic mass is 32.2. The zero-order valence-corrected chi connectivity index (χ0v) is 15.3. The van der Waals surface area contributed by atoms with Gasteiger partial charge >= 0.3 is 12.1 Å². The molecule has 1 unspecified atom stereocenters. The highest BCUT2D eigenvalue weighted by Gasteiger charge is 2.32. The number of hydrogen-bond donors (Lipinski definition) is 2. The molecule has 2 N–H and O–H groups in total. The Morgan fingerprint density at radius 2 is 2.18 bits per heavy atom. The summed E-state index contributed by atoms with van der Waals surface area (Å²) in [4.78, 5) is 22.3. The van der Waals surface area contributed by atoms with Crippen LogP contribution in [0.25, 0.3) is 0 Å². The van der Waals surface area contributed by atoms with Crippen molar-refractivity contribution in [1.82, 2.24) is 5.32 Å². The van der Waals surface area contributed by atoms with Crippen LogP contribution in [0.2, 0.25) is 0 Å². The highest BCUT2D eigenvalue weighted by molar-refractivity contribution is 8.15. The fourth-order valence-electron chi connectivity index (χ4n) is 2.16. The number of amidine groups is 1. The first-order valence-corrected chi connectivity index (χ1v) is 8.67. The SMILES string of the molecule is COc1ccc(C=NN=C2NC(=O)C(CC(=O)O)S2)cc1COCC(F)(F)F. The van der Waals surface area contributed by atoms with Crippen LogP contribution in [0.3, 0.4) is 0 Å². The standard InChI is InChI=1S/C16H16F3N3O5S/c1-26-11-3-2-9(4-10(11)7-27-8-16(17,18)19)6-20-22-15-21-14(25)12(28-15)5-13(23)24/h2-4,6,12H,5,7-8H2,1H3,(H,23,24)(H,21,22,25). The zero-order valence-electron chi connectivity index (χ0n) is 14.5. The summed E-state index contributed by atoms with van der Waals surface area (Å²) in [7, 11) is 1.38. The fraction of sp³-hybridized carbons (Fsp3) is 0.375. The average molecular weight is 419 g/mol. The minimum absolute atomic E-state index is 0.162. The van der Waals surface area contributed by atoms with E-state index >= 15 is 0 Å². The molecule has 1 heterocycles. The van der Waals surface area contributed by atoms with Crippen LogP contribution in [0, 0.1) is 0 Å². The van der Waals surface area contributed by atoms with Gasteiger partial charge in [-0.1, -0.05) is 11.8 Å². The summed E-state index contributed by atoms with van der Waals surface area (Å²) in [6.45, 7) is -1.68. The second-order valence-corrected chi connectivity index (χ2v) is 6.71. The first-order chi connectivity index (χ1) is 13.2. The van der Waals surface area contributed by atoms with E-state index < -0.39 is 29.9 Å². The number of amides is 1. The normalized spacial score (nSPS) is 18.6. The van der Waals surface area contributed by atoms with Crippen molar-refractivity contribution in [3.63, 3.8) is 0 Å². The van der Waals surface area contributed by atoms with E-state index in [1.165, 1.54) is 19.4 Å². The summed E-state index contributed by atoms with van der Waals surface area (Å²) in [6, 6.07) is 4.70. The number of alkyl halides is 3. The summed E-state index contributed by atoms with van der Waals surface area (Å²) in [5.74, 6) is -1.20. The van der Waals surface area contributed by atoms with Gasteiger partial charge in [0.25, 0.3) is 0 Å². The molecule has 0 radical (unpaired) electrons. The van der Waals surface area contributed by atoms with Crippen molar-refractivity contribution in [3.05, 3.63) is 29.3 Å². The number of benzene rings is 1. The average Bonchev–Trinajstić information content (AvgIpc) is 2.93. The molecule has 0 saturated carbocycles. The van der Waals surface area contributed by atoms with Crippen molar-refractivity contribution in [1.29, 1.82) is 0 Å². The maximum absolute atomic E-state index is 12.2. The molecular formula is C16H16F3N3O5S. The number of nitrogens with one attached hydrogen (secondary N) is 1. The van der Waals surface area contributed by atoms with Gasteiger partial charge in [-0.05, 0) is 23.8 Å². The molecule has 1 amide bonds. The summed E-state index contributed by atoms with van der Waals surface area (Å²) >= 11 is 0.953. The van der Waals surface area contributed by atoms with Crippen LogP contribution in [-0.2, 0) is 20.9 Å². The Bertz CT molecular complexity index is 798. The minimum atomic E-state index is -4.43. The number of halogens is 3. The molecule has 1 aromatic rings. The van der Waals surface area contributed by atoms with E-state index in [0.29, 0.717) is 16.9 Å². The Labute approximate surface area is 161 Å². The summed E-state index contributed by atoms with van der Waals surface area (Å²) < 4.78 is 46.3. The number of aliphatic carboxylic acids is 1. The van der Waals surface area contributed by atoms with Crippen LogP contribution in [-0.4, -0.2) is 53.5 Å². The Morgan fingerprint density at radius 1 is 1.43 bits per heavy atom. The molecule has 0 aliphatic carbocycles. The Hall–Kier alpha value is -2.60. The number of carboxylic acid groups (broad SMARTS) is 1. The van der Waals surface area contributed by atoms with E-state index in [4.69, 9.17) is 9.84 Å². The van der Waals surface area contributed by atoms with Gasteiger partial charge in [0.1, 0.15) is 17.6 Å².